The summed E-state index contributed by atoms with van der Waals surface area (Å²) in [5.41, 5.74) is 7.47. The quantitative estimate of drug-likeness (QED) is 0.833. The van der Waals surface area contributed by atoms with E-state index in [1.54, 1.807) is 11.3 Å². The van der Waals surface area contributed by atoms with Crippen LogP contribution in [0.25, 0.3) is 4.96 Å². The Morgan fingerprint density at radius 1 is 1.44 bits per heavy atom. The van der Waals surface area contributed by atoms with Crippen molar-refractivity contribution in [1.29, 1.82) is 0 Å². The van der Waals surface area contributed by atoms with Crippen LogP contribution in [-0.4, -0.2) is 15.9 Å². The zero-order valence-corrected chi connectivity index (χ0v) is 12.2. The molecule has 0 amide bonds. The fourth-order valence-corrected chi connectivity index (χ4v) is 3.22. The van der Waals surface area contributed by atoms with Crippen molar-refractivity contribution in [2.45, 2.75) is 46.0 Å². The van der Waals surface area contributed by atoms with Crippen LogP contribution in [0.4, 0.5) is 0 Å². The van der Waals surface area contributed by atoms with Crippen LogP contribution in [0.3, 0.4) is 0 Å². The van der Waals surface area contributed by atoms with Crippen LogP contribution in [0, 0.1) is 5.41 Å². The average Bonchev–Trinajstić information content (AvgIpc) is 2.95. The normalized spacial score (nSPS) is 15.1. The molecule has 3 nitrogen and oxygen atoms in total. The summed E-state index contributed by atoms with van der Waals surface area (Å²) in [6, 6.07) is 0. The molecule has 4 heteroatoms. The second-order valence-corrected chi connectivity index (χ2v) is 6.04. The van der Waals surface area contributed by atoms with Crippen LogP contribution >= 0.6 is 11.3 Å². The number of rotatable bonds is 7. The topological polar surface area (TPSA) is 43.3 Å². The van der Waals surface area contributed by atoms with Gasteiger partial charge in [0, 0.05) is 17.8 Å². The lowest BCUT2D eigenvalue weighted by Crippen LogP contribution is -2.32. The van der Waals surface area contributed by atoms with E-state index in [2.05, 4.69) is 41.0 Å². The molecule has 2 heterocycles. The number of imidazole rings is 1. The summed E-state index contributed by atoms with van der Waals surface area (Å²) < 4.78 is 2.11. The molecular weight excluding hydrogens is 242 g/mol. The lowest BCUT2D eigenvalue weighted by atomic mass is 9.76. The minimum absolute atomic E-state index is 0.236. The number of fused-ring (bicyclic) bond motifs is 1. The zero-order valence-electron chi connectivity index (χ0n) is 11.4. The summed E-state index contributed by atoms with van der Waals surface area (Å²) in [6.45, 7) is 5.25. The lowest BCUT2D eigenvalue weighted by Gasteiger charge is -2.30. The lowest BCUT2D eigenvalue weighted by molar-refractivity contribution is 0.249. The largest absolute Gasteiger partial charge is 0.330 e. The molecule has 0 aromatic carbocycles. The smallest absolute Gasteiger partial charge is 0.193 e. The molecule has 0 aliphatic rings. The molecule has 2 rings (SSSR count). The van der Waals surface area contributed by atoms with E-state index in [0.29, 0.717) is 0 Å². The summed E-state index contributed by atoms with van der Waals surface area (Å²) >= 11 is 1.69. The number of thiazole rings is 1. The number of aromatic nitrogens is 2. The Balaban J connectivity index is 2.14. The Morgan fingerprint density at radius 2 is 2.28 bits per heavy atom. The van der Waals surface area contributed by atoms with Gasteiger partial charge in [-0.3, -0.25) is 4.40 Å². The third kappa shape index (κ3) is 2.75. The van der Waals surface area contributed by atoms with Crippen molar-refractivity contribution in [3.05, 3.63) is 23.5 Å². The minimum Gasteiger partial charge on any atom is -0.330 e. The highest BCUT2D eigenvalue weighted by molar-refractivity contribution is 7.15. The van der Waals surface area contributed by atoms with Crippen LogP contribution in [-0.2, 0) is 6.42 Å². The summed E-state index contributed by atoms with van der Waals surface area (Å²) in [4.78, 5) is 5.77. The van der Waals surface area contributed by atoms with Crippen molar-refractivity contribution >= 4 is 16.3 Å². The maximum atomic E-state index is 6.04. The van der Waals surface area contributed by atoms with E-state index in [-0.39, 0.29) is 5.41 Å². The van der Waals surface area contributed by atoms with Gasteiger partial charge >= 0.3 is 0 Å². The van der Waals surface area contributed by atoms with E-state index in [9.17, 15) is 0 Å². The molecule has 1 unspecified atom stereocenters. The van der Waals surface area contributed by atoms with Crippen LogP contribution in [0.2, 0.25) is 0 Å². The first-order chi connectivity index (χ1) is 8.73. The maximum absolute atomic E-state index is 6.04. The first-order valence-electron chi connectivity index (χ1n) is 6.84. The van der Waals surface area contributed by atoms with Gasteiger partial charge in [0.15, 0.2) is 4.96 Å². The van der Waals surface area contributed by atoms with Crippen molar-refractivity contribution in [2.24, 2.45) is 11.1 Å². The molecule has 0 bridgehead atoms. The van der Waals surface area contributed by atoms with Crippen molar-refractivity contribution < 1.29 is 0 Å². The van der Waals surface area contributed by atoms with Gasteiger partial charge in [0.2, 0.25) is 0 Å². The molecule has 1 atom stereocenters. The minimum atomic E-state index is 0.236. The summed E-state index contributed by atoms with van der Waals surface area (Å²) in [5, 5.41) is 2.07. The van der Waals surface area contributed by atoms with Crippen molar-refractivity contribution in [1.82, 2.24) is 9.38 Å². The third-order valence-corrected chi connectivity index (χ3v) is 4.71. The van der Waals surface area contributed by atoms with Gasteiger partial charge in [-0.1, -0.05) is 26.7 Å². The van der Waals surface area contributed by atoms with Gasteiger partial charge in [0.05, 0.1) is 5.69 Å². The molecule has 2 aromatic heterocycles. The predicted octanol–water partition coefficient (Wildman–Crippen LogP) is 3.48. The predicted molar refractivity (Wildman–Crippen MR) is 78.1 cm³/mol. The molecule has 2 N–H and O–H groups in total. The van der Waals surface area contributed by atoms with Crippen LogP contribution < -0.4 is 5.73 Å². The molecule has 0 spiro atoms. The fraction of sp³-hybridized carbons (Fsp3) is 0.643. The van der Waals surface area contributed by atoms with Crippen LogP contribution in [0.5, 0.6) is 0 Å². The zero-order chi connectivity index (χ0) is 13.0. The molecule has 100 valence electrons. The number of hydrogen-bond acceptors (Lipinski definition) is 3. The molecule has 0 aliphatic carbocycles. The Kier molecular flexibility index (Phi) is 4.40. The second kappa shape index (κ2) is 5.85. The number of hydrogen-bond donors (Lipinski definition) is 1. The number of nitrogens with two attached hydrogens (primary N) is 1. The Morgan fingerprint density at radius 3 is 2.89 bits per heavy atom. The number of nitrogens with zero attached hydrogens (tertiary/aromatic N) is 2. The van der Waals surface area contributed by atoms with E-state index in [0.717, 1.165) is 24.3 Å². The molecule has 0 saturated heterocycles. The van der Waals surface area contributed by atoms with Crippen molar-refractivity contribution in [3.63, 3.8) is 0 Å². The highest BCUT2D eigenvalue weighted by Gasteiger charge is 2.27. The molecule has 0 saturated carbocycles. The second-order valence-electron chi connectivity index (χ2n) is 5.16. The van der Waals surface area contributed by atoms with E-state index >= 15 is 0 Å². The molecular formula is C14H23N3S. The average molecular weight is 265 g/mol. The highest BCUT2D eigenvalue weighted by atomic mass is 32.1. The van der Waals surface area contributed by atoms with Crippen LogP contribution in [0.1, 0.15) is 45.2 Å². The third-order valence-electron chi connectivity index (χ3n) is 3.94. The fourth-order valence-electron chi connectivity index (χ4n) is 2.51. The molecule has 0 aliphatic heterocycles. The summed E-state index contributed by atoms with van der Waals surface area (Å²) in [6.07, 6.45) is 10.1. The van der Waals surface area contributed by atoms with Gasteiger partial charge in [-0.05, 0) is 31.2 Å². The monoisotopic (exact) mass is 265 g/mol. The van der Waals surface area contributed by atoms with E-state index in [1.165, 1.54) is 25.0 Å². The van der Waals surface area contributed by atoms with Gasteiger partial charge in [0.1, 0.15) is 0 Å². The summed E-state index contributed by atoms with van der Waals surface area (Å²) in [7, 11) is 0. The van der Waals surface area contributed by atoms with Gasteiger partial charge in [0.25, 0.3) is 0 Å². The SMILES string of the molecule is CCCCC(CC)(CN)Cc1cn2ccsc2n1. The van der Waals surface area contributed by atoms with Crippen molar-refractivity contribution in [2.75, 3.05) is 6.54 Å². The van der Waals surface area contributed by atoms with E-state index < -0.39 is 0 Å². The van der Waals surface area contributed by atoms with E-state index in [4.69, 9.17) is 5.73 Å². The summed E-state index contributed by atoms with van der Waals surface area (Å²) in [5.74, 6) is 0. The molecule has 2 aromatic rings. The molecule has 0 fully saturated rings. The molecule has 0 radical (unpaired) electrons. The van der Waals surface area contributed by atoms with Gasteiger partial charge < -0.3 is 5.73 Å². The first-order valence-corrected chi connectivity index (χ1v) is 7.72. The van der Waals surface area contributed by atoms with Crippen LogP contribution in [0.15, 0.2) is 17.8 Å². The Labute approximate surface area is 113 Å². The first kappa shape index (κ1) is 13.6. The number of unbranched alkanes of at least 4 members (excludes halogenated alkanes) is 1. The standard InChI is InChI=1S/C14H23N3S/c1-3-5-6-14(4-2,11-15)9-12-10-17-7-8-18-13(17)16-12/h7-8,10H,3-6,9,11,15H2,1-2H3. The van der Waals surface area contributed by atoms with E-state index in [1.807, 2.05) is 0 Å². The van der Waals surface area contributed by atoms with Gasteiger partial charge in [-0.2, -0.15) is 0 Å². The van der Waals surface area contributed by atoms with Gasteiger partial charge in [-0.25, -0.2) is 4.98 Å². The maximum Gasteiger partial charge on any atom is 0.193 e. The molecule has 18 heavy (non-hydrogen) atoms. The Hall–Kier alpha value is -0.870. The van der Waals surface area contributed by atoms with Crippen molar-refractivity contribution in [3.8, 4) is 0 Å². The van der Waals surface area contributed by atoms with Gasteiger partial charge in [-0.15, -0.1) is 11.3 Å². The highest BCUT2D eigenvalue weighted by Crippen LogP contribution is 2.32. The Bertz CT molecular complexity index is 453.